The normalized spacial score (nSPS) is 47.8. The first-order valence-electron chi connectivity index (χ1n) is 11.9. The van der Waals surface area contributed by atoms with Crippen molar-refractivity contribution in [3.8, 4) is 0 Å². The summed E-state index contributed by atoms with van der Waals surface area (Å²) in [5, 5.41) is 4.16. The number of hydrogen-bond acceptors (Lipinski definition) is 6. The highest BCUT2D eigenvalue weighted by molar-refractivity contribution is 5.95. The molecule has 6 heteroatoms. The third-order valence-electron chi connectivity index (χ3n) is 9.67. The summed E-state index contributed by atoms with van der Waals surface area (Å²) in [5.74, 6) is 1.35. The van der Waals surface area contributed by atoms with E-state index in [9.17, 15) is 9.59 Å². The first-order valence-corrected chi connectivity index (χ1v) is 11.9. The van der Waals surface area contributed by atoms with Crippen LogP contribution in [0.5, 0.6) is 0 Å². The number of esters is 1. The Balaban J connectivity index is 1.40. The second-order valence-electron chi connectivity index (χ2n) is 11.0. The molecule has 0 aromatic heterocycles. The summed E-state index contributed by atoms with van der Waals surface area (Å²) in [4.78, 5) is 27.7. The lowest BCUT2D eigenvalue weighted by Crippen LogP contribution is -2.54. The minimum atomic E-state index is -0.390. The van der Waals surface area contributed by atoms with Crippen molar-refractivity contribution in [2.45, 2.75) is 97.4 Å². The molecule has 0 amide bonds. The number of ether oxygens (including phenoxy) is 2. The van der Waals surface area contributed by atoms with Gasteiger partial charge < -0.3 is 14.3 Å². The largest absolute Gasteiger partial charge is 0.462 e. The monoisotopic (exact) mass is 429 g/mol. The molecule has 8 atom stereocenters. The first kappa shape index (κ1) is 21.2. The maximum atomic E-state index is 11.5. The number of hydrogen-bond donors (Lipinski definition) is 0. The van der Waals surface area contributed by atoms with Gasteiger partial charge in [-0.2, -0.15) is 0 Å². The quantitative estimate of drug-likeness (QED) is 0.164. The maximum absolute atomic E-state index is 11.5. The Morgan fingerprint density at radius 3 is 2.58 bits per heavy atom. The lowest BCUT2D eigenvalue weighted by molar-refractivity contribution is -0.148. The Kier molecular flexibility index (Phi) is 4.71. The number of oxime groups is 1. The molecule has 3 saturated carbocycles. The third-order valence-corrected chi connectivity index (χ3v) is 9.67. The predicted octanol–water partition coefficient (Wildman–Crippen LogP) is 4.57. The molecule has 0 bridgehead atoms. The topological polar surface area (TPSA) is 77.5 Å². The van der Waals surface area contributed by atoms with Crippen LogP contribution in [0.25, 0.3) is 0 Å². The summed E-state index contributed by atoms with van der Waals surface area (Å²) in [6, 6.07) is 0. The van der Waals surface area contributed by atoms with E-state index < -0.39 is 5.97 Å². The van der Waals surface area contributed by atoms with E-state index in [0.29, 0.717) is 17.8 Å². The summed E-state index contributed by atoms with van der Waals surface area (Å²) in [5.41, 5.74) is 2.20. The van der Waals surface area contributed by atoms with Crippen molar-refractivity contribution in [1.82, 2.24) is 0 Å². The van der Waals surface area contributed by atoms with Crippen LogP contribution in [0.1, 0.15) is 79.6 Å². The predicted molar refractivity (Wildman–Crippen MR) is 115 cm³/mol. The van der Waals surface area contributed by atoms with Gasteiger partial charge in [0.15, 0.2) is 0 Å². The molecule has 0 radical (unpaired) electrons. The molecule has 0 aromatic rings. The molecule has 0 unspecified atom stereocenters. The van der Waals surface area contributed by atoms with E-state index in [1.165, 1.54) is 25.8 Å². The first-order chi connectivity index (χ1) is 14.6. The van der Waals surface area contributed by atoms with Crippen LogP contribution in [0.3, 0.4) is 0 Å². The van der Waals surface area contributed by atoms with Crippen LogP contribution >= 0.6 is 0 Å². The molecule has 0 aromatic carbocycles. The number of epoxide rings is 1. The van der Waals surface area contributed by atoms with E-state index in [1.807, 2.05) is 6.92 Å². The highest BCUT2D eigenvalue weighted by Crippen LogP contribution is 2.73. The lowest BCUT2D eigenvalue weighted by atomic mass is 9.47. The van der Waals surface area contributed by atoms with Gasteiger partial charge in [0.2, 0.25) is 0 Å². The molecule has 0 spiro atoms. The second-order valence-corrected chi connectivity index (χ2v) is 11.0. The number of carbonyl (C=O) groups is 2. The van der Waals surface area contributed by atoms with E-state index in [0.717, 1.165) is 44.2 Å². The molecule has 5 rings (SSSR count). The van der Waals surface area contributed by atoms with Gasteiger partial charge in [-0.05, 0) is 68.6 Å². The van der Waals surface area contributed by atoms with Crippen LogP contribution in [0.2, 0.25) is 0 Å². The Morgan fingerprint density at radius 2 is 1.87 bits per heavy atom. The van der Waals surface area contributed by atoms with E-state index in [-0.39, 0.29) is 34.6 Å². The molecule has 31 heavy (non-hydrogen) atoms. The summed E-state index contributed by atoms with van der Waals surface area (Å²) in [7, 11) is 0. The number of nitrogens with zero attached hydrogens (tertiary/aromatic N) is 1. The van der Waals surface area contributed by atoms with Crippen LogP contribution in [0, 0.1) is 28.6 Å². The molecular formula is C25H35NO5. The van der Waals surface area contributed by atoms with E-state index in [1.54, 1.807) is 0 Å². The van der Waals surface area contributed by atoms with Gasteiger partial charge in [-0.15, -0.1) is 0 Å². The van der Waals surface area contributed by atoms with Crippen LogP contribution in [0.4, 0.5) is 0 Å². The van der Waals surface area contributed by atoms with Crippen molar-refractivity contribution in [2.24, 2.45) is 33.7 Å². The second kappa shape index (κ2) is 6.90. The van der Waals surface area contributed by atoms with Gasteiger partial charge in [-0.25, -0.2) is 4.79 Å². The molecule has 1 aliphatic heterocycles. The lowest BCUT2D eigenvalue weighted by Gasteiger charge is -2.58. The summed E-state index contributed by atoms with van der Waals surface area (Å²) < 4.78 is 11.8. The molecule has 4 aliphatic carbocycles. The summed E-state index contributed by atoms with van der Waals surface area (Å²) in [6.45, 7) is 9.69. The van der Waals surface area contributed by atoms with Gasteiger partial charge in [-0.1, -0.05) is 30.7 Å². The molecule has 0 N–H and O–H groups in total. The zero-order valence-electron chi connectivity index (χ0n) is 19.4. The van der Waals surface area contributed by atoms with E-state index >= 15 is 0 Å². The van der Waals surface area contributed by atoms with Crippen LogP contribution < -0.4 is 0 Å². The van der Waals surface area contributed by atoms with Crippen LogP contribution in [0.15, 0.2) is 16.8 Å². The Labute approximate surface area is 184 Å². The molecule has 6 nitrogen and oxygen atoms in total. The summed E-state index contributed by atoms with van der Waals surface area (Å²) >= 11 is 0. The fourth-order valence-corrected chi connectivity index (χ4v) is 8.25. The molecule has 4 fully saturated rings. The number of rotatable bonds is 3. The third kappa shape index (κ3) is 2.89. The van der Waals surface area contributed by atoms with E-state index in [4.69, 9.17) is 14.3 Å². The smallest absolute Gasteiger partial charge is 0.331 e. The molecule has 170 valence electrons. The highest BCUT2D eigenvalue weighted by Gasteiger charge is 2.78. The van der Waals surface area contributed by atoms with Crippen molar-refractivity contribution in [1.29, 1.82) is 0 Å². The number of fused-ring (bicyclic) bond motifs is 7. The van der Waals surface area contributed by atoms with Crippen molar-refractivity contribution in [3.63, 3.8) is 0 Å². The highest BCUT2D eigenvalue weighted by atomic mass is 16.7. The fraction of sp³-hybridized carbons (Fsp3) is 0.800. The number of carbonyl (C=O) groups excluding carboxylic acids is 2. The van der Waals surface area contributed by atoms with E-state index in [2.05, 4.69) is 25.1 Å². The van der Waals surface area contributed by atoms with Gasteiger partial charge in [0.05, 0.1) is 11.8 Å². The minimum absolute atomic E-state index is 0.0310. The Hall–Kier alpha value is -1.69. The van der Waals surface area contributed by atoms with Gasteiger partial charge in [0.1, 0.15) is 11.7 Å². The average Bonchev–Trinajstić information content (AvgIpc) is 3.38. The molecule has 5 aliphatic rings. The van der Waals surface area contributed by atoms with Crippen molar-refractivity contribution in [2.75, 3.05) is 0 Å². The van der Waals surface area contributed by atoms with Gasteiger partial charge in [0, 0.05) is 25.7 Å². The number of allylic oxidation sites excluding steroid dienone is 1. The van der Waals surface area contributed by atoms with Gasteiger partial charge >= 0.3 is 11.9 Å². The molecule has 1 saturated heterocycles. The van der Waals surface area contributed by atoms with Crippen molar-refractivity contribution >= 4 is 17.7 Å². The SMILES string of the molecule is CC(=O)ON=C(C)[C@]12O[C@H]1C[C@@H]1[C@H]3CC=C4C[C@@H](OC(C)=O)CC[C@]4(C)[C@@H]3CC[C@]12C. The Bertz CT molecular complexity index is 879. The van der Waals surface area contributed by atoms with Gasteiger partial charge in [0.25, 0.3) is 0 Å². The van der Waals surface area contributed by atoms with Gasteiger partial charge in [-0.3, -0.25) is 4.79 Å². The fourth-order valence-electron chi connectivity index (χ4n) is 8.25. The zero-order valence-corrected chi connectivity index (χ0v) is 19.4. The van der Waals surface area contributed by atoms with Crippen LogP contribution in [-0.4, -0.2) is 35.5 Å². The van der Waals surface area contributed by atoms with Crippen molar-refractivity contribution in [3.05, 3.63) is 11.6 Å². The maximum Gasteiger partial charge on any atom is 0.331 e. The molecule has 1 heterocycles. The Morgan fingerprint density at radius 1 is 1.10 bits per heavy atom. The standard InChI is InChI=1S/C25H35NO5/c1-14(26-31-16(3)28)25-22(30-25)13-21-19-7-6-17-12-18(29-15(2)27)8-10-23(17,4)20(19)9-11-24(21,25)5/h6,18-22H,7-13H2,1-5H3/t18-,19-,20+,21+,22-,23-,24+,25-/m0/s1. The summed E-state index contributed by atoms with van der Waals surface area (Å²) in [6.07, 6.45) is 10.1. The van der Waals surface area contributed by atoms with Crippen molar-refractivity contribution < 1.29 is 23.9 Å². The van der Waals surface area contributed by atoms with Crippen LogP contribution in [-0.2, 0) is 23.9 Å². The molecular weight excluding hydrogens is 394 g/mol. The zero-order chi connectivity index (χ0) is 22.2. The minimum Gasteiger partial charge on any atom is -0.462 e. The average molecular weight is 430 g/mol.